The minimum Gasteiger partial charge on any atom is -0.393 e. The van der Waals surface area contributed by atoms with Crippen molar-refractivity contribution in [2.24, 2.45) is 0 Å². The molecule has 2 aromatic rings. The molecule has 2 heterocycles. The van der Waals surface area contributed by atoms with Gasteiger partial charge in [0.15, 0.2) is 11.5 Å². The van der Waals surface area contributed by atoms with Crippen molar-refractivity contribution in [2.45, 2.75) is 32.4 Å². The number of fused-ring (bicyclic) bond motifs is 1. The highest BCUT2D eigenvalue weighted by Crippen LogP contribution is 2.14. The van der Waals surface area contributed by atoms with E-state index in [1.807, 2.05) is 11.5 Å². The summed E-state index contributed by atoms with van der Waals surface area (Å²) in [5, 5.41) is 9.49. The van der Waals surface area contributed by atoms with Crippen LogP contribution in [0, 0.1) is 0 Å². The number of nitrogens with zero attached hydrogens (tertiary/aromatic N) is 4. The Kier molecular flexibility index (Phi) is 3.00. The van der Waals surface area contributed by atoms with Crippen LogP contribution in [-0.2, 0) is 6.54 Å². The molecule has 0 saturated carbocycles. The minimum absolute atomic E-state index is 0.281. The van der Waals surface area contributed by atoms with Gasteiger partial charge in [0.25, 0.3) is 0 Å². The van der Waals surface area contributed by atoms with Crippen molar-refractivity contribution < 1.29 is 5.11 Å². The van der Waals surface area contributed by atoms with Gasteiger partial charge in [-0.15, -0.1) is 0 Å². The Balaban J connectivity index is 2.22. The highest BCUT2D eigenvalue weighted by Gasteiger charge is 2.08. The maximum atomic E-state index is 9.49. The maximum Gasteiger partial charge on any atom is 0.165 e. The van der Waals surface area contributed by atoms with Gasteiger partial charge in [0.1, 0.15) is 11.8 Å². The molecule has 86 valence electrons. The van der Waals surface area contributed by atoms with Gasteiger partial charge in [0, 0.05) is 6.54 Å². The largest absolute Gasteiger partial charge is 0.393 e. The zero-order chi connectivity index (χ0) is 11.5. The fourth-order valence-electron chi connectivity index (χ4n) is 1.55. The monoisotopic (exact) mass is 221 g/mol. The molecule has 0 bridgehead atoms. The van der Waals surface area contributed by atoms with Crippen LogP contribution in [0.25, 0.3) is 11.2 Å². The van der Waals surface area contributed by atoms with Crippen molar-refractivity contribution >= 4 is 17.0 Å². The van der Waals surface area contributed by atoms with E-state index < -0.39 is 0 Å². The molecule has 1 atom stereocenters. The molecule has 16 heavy (non-hydrogen) atoms. The Hall–Kier alpha value is -1.69. The average molecular weight is 221 g/mol. The third-order valence-corrected chi connectivity index (χ3v) is 2.60. The number of nitrogens with two attached hydrogens (primary N) is 1. The summed E-state index contributed by atoms with van der Waals surface area (Å²) >= 11 is 0. The topological polar surface area (TPSA) is 89.8 Å². The lowest BCUT2D eigenvalue weighted by Crippen LogP contribution is -2.09. The number of nitrogen functional groups attached to an aromatic ring is 1. The van der Waals surface area contributed by atoms with Crippen molar-refractivity contribution in [1.82, 2.24) is 19.5 Å². The molecule has 2 rings (SSSR count). The summed E-state index contributed by atoms with van der Waals surface area (Å²) in [4.78, 5) is 12.2. The van der Waals surface area contributed by atoms with Gasteiger partial charge in [-0.05, 0) is 12.8 Å². The van der Waals surface area contributed by atoms with E-state index in [0.29, 0.717) is 24.3 Å². The number of aliphatic hydroxyl groups is 1. The van der Waals surface area contributed by atoms with Crippen molar-refractivity contribution in [3.05, 3.63) is 12.7 Å². The number of hydrogen-bond donors (Lipinski definition) is 2. The highest BCUT2D eigenvalue weighted by atomic mass is 16.3. The summed E-state index contributed by atoms with van der Waals surface area (Å²) in [6.45, 7) is 2.64. The lowest BCUT2D eigenvalue weighted by molar-refractivity contribution is 0.155. The number of aromatic nitrogens is 4. The van der Waals surface area contributed by atoms with Gasteiger partial charge in [-0.3, -0.25) is 0 Å². The van der Waals surface area contributed by atoms with Crippen LogP contribution in [0.15, 0.2) is 12.7 Å². The van der Waals surface area contributed by atoms with Gasteiger partial charge in [0.2, 0.25) is 0 Å². The molecule has 0 aliphatic rings. The predicted octanol–water partition coefficient (Wildman–Crippen LogP) is 0.569. The number of hydrogen-bond acceptors (Lipinski definition) is 5. The fraction of sp³-hybridized carbons (Fsp3) is 0.500. The molecule has 0 saturated heterocycles. The van der Waals surface area contributed by atoms with Crippen LogP contribution in [0.3, 0.4) is 0 Å². The molecule has 0 fully saturated rings. The second-order valence-corrected chi connectivity index (χ2v) is 3.72. The van der Waals surface area contributed by atoms with E-state index in [4.69, 9.17) is 5.73 Å². The maximum absolute atomic E-state index is 9.49. The second kappa shape index (κ2) is 4.44. The standard InChI is InChI=1S/C10H15N5O/c1-2-7(16)3-4-15-6-14-8-9(11)12-5-13-10(8)15/h5-7,16H,2-4H2,1H3,(H2,11,12,13). The summed E-state index contributed by atoms with van der Waals surface area (Å²) < 4.78 is 1.88. The second-order valence-electron chi connectivity index (χ2n) is 3.72. The molecule has 0 aromatic carbocycles. The Morgan fingerprint density at radius 2 is 2.25 bits per heavy atom. The van der Waals surface area contributed by atoms with Crippen LogP contribution in [0.5, 0.6) is 0 Å². The first-order valence-electron chi connectivity index (χ1n) is 5.31. The Morgan fingerprint density at radius 3 is 3.00 bits per heavy atom. The van der Waals surface area contributed by atoms with Gasteiger partial charge in [-0.2, -0.15) is 0 Å². The summed E-state index contributed by atoms with van der Waals surface area (Å²) in [5.74, 6) is 0.389. The van der Waals surface area contributed by atoms with Gasteiger partial charge in [-0.25, -0.2) is 15.0 Å². The number of anilines is 1. The summed E-state index contributed by atoms with van der Waals surface area (Å²) in [7, 11) is 0. The Labute approximate surface area is 93.1 Å². The van der Waals surface area contributed by atoms with Crippen LogP contribution in [0.2, 0.25) is 0 Å². The number of imidazole rings is 1. The minimum atomic E-state index is -0.281. The van der Waals surface area contributed by atoms with Crippen LogP contribution in [0.1, 0.15) is 19.8 Å². The van der Waals surface area contributed by atoms with Crippen LogP contribution >= 0.6 is 0 Å². The molecule has 0 radical (unpaired) electrons. The molecule has 2 aromatic heterocycles. The van der Waals surface area contributed by atoms with Gasteiger partial charge in [-0.1, -0.05) is 6.92 Å². The van der Waals surface area contributed by atoms with E-state index in [-0.39, 0.29) is 6.10 Å². The third kappa shape index (κ3) is 1.96. The SMILES string of the molecule is CCC(O)CCn1cnc2c(N)ncnc21. The first-order chi connectivity index (χ1) is 7.72. The molecule has 3 N–H and O–H groups in total. The number of rotatable bonds is 4. The zero-order valence-corrected chi connectivity index (χ0v) is 9.17. The molecule has 0 aliphatic carbocycles. The van der Waals surface area contributed by atoms with E-state index in [0.717, 1.165) is 12.1 Å². The summed E-state index contributed by atoms with van der Waals surface area (Å²) in [6.07, 6.45) is 4.26. The summed E-state index contributed by atoms with van der Waals surface area (Å²) in [6, 6.07) is 0. The van der Waals surface area contributed by atoms with Crippen molar-refractivity contribution in [2.75, 3.05) is 5.73 Å². The zero-order valence-electron chi connectivity index (χ0n) is 9.17. The third-order valence-electron chi connectivity index (χ3n) is 2.60. The van der Waals surface area contributed by atoms with E-state index in [9.17, 15) is 5.11 Å². The smallest absolute Gasteiger partial charge is 0.165 e. The average Bonchev–Trinajstić information content (AvgIpc) is 2.70. The Bertz CT molecular complexity index is 481. The molecular weight excluding hydrogens is 206 g/mol. The lowest BCUT2D eigenvalue weighted by Gasteiger charge is -2.08. The van der Waals surface area contributed by atoms with Crippen LogP contribution in [0.4, 0.5) is 5.82 Å². The van der Waals surface area contributed by atoms with Crippen molar-refractivity contribution in [3.8, 4) is 0 Å². The first-order valence-corrected chi connectivity index (χ1v) is 5.31. The van der Waals surface area contributed by atoms with Gasteiger partial charge < -0.3 is 15.4 Å². The molecule has 0 spiro atoms. The van der Waals surface area contributed by atoms with Crippen molar-refractivity contribution in [1.29, 1.82) is 0 Å². The van der Waals surface area contributed by atoms with E-state index in [1.165, 1.54) is 6.33 Å². The molecule has 0 aliphatic heterocycles. The van der Waals surface area contributed by atoms with E-state index >= 15 is 0 Å². The normalized spacial score (nSPS) is 13.1. The molecular formula is C10H15N5O. The number of aryl methyl sites for hydroxylation is 1. The number of aliphatic hydroxyl groups excluding tert-OH is 1. The molecule has 6 heteroatoms. The highest BCUT2D eigenvalue weighted by molar-refractivity contribution is 5.80. The van der Waals surface area contributed by atoms with Crippen LogP contribution in [-0.4, -0.2) is 30.7 Å². The van der Waals surface area contributed by atoms with E-state index in [1.54, 1.807) is 6.33 Å². The molecule has 1 unspecified atom stereocenters. The van der Waals surface area contributed by atoms with Gasteiger partial charge >= 0.3 is 0 Å². The predicted molar refractivity (Wildman–Crippen MR) is 60.7 cm³/mol. The summed E-state index contributed by atoms with van der Waals surface area (Å²) in [5.41, 5.74) is 7.01. The fourth-order valence-corrected chi connectivity index (χ4v) is 1.55. The quantitative estimate of drug-likeness (QED) is 0.787. The lowest BCUT2D eigenvalue weighted by atomic mass is 10.2. The van der Waals surface area contributed by atoms with E-state index in [2.05, 4.69) is 15.0 Å². The van der Waals surface area contributed by atoms with Crippen LogP contribution < -0.4 is 5.73 Å². The Morgan fingerprint density at radius 1 is 1.44 bits per heavy atom. The molecule has 0 amide bonds. The first kappa shape index (κ1) is 10.8. The molecule has 6 nitrogen and oxygen atoms in total. The van der Waals surface area contributed by atoms with Gasteiger partial charge in [0.05, 0.1) is 12.4 Å². The van der Waals surface area contributed by atoms with Crippen molar-refractivity contribution in [3.63, 3.8) is 0 Å².